The van der Waals surface area contributed by atoms with Gasteiger partial charge >= 0.3 is 0 Å². The van der Waals surface area contributed by atoms with Crippen LogP contribution < -0.4 is 15.4 Å². The van der Waals surface area contributed by atoms with Crippen molar-refractivity contribution < 1.29 is 22.7 Å². The van der Waals surface area contributed by atoms with Crippen LogP contribution in [0, 0.1) is 12.8 Å². The van der Waals surface area contributed by atoms with Crippen LogP contribution in [0.3, 0.4) is 0 Å². The quantitative estimate of drug-likeness (QED) is 0.666. The second-order valence-corrected chi connectivity index (χ2v) is 10.3. The molecule has 2 aromatic rings. The number of aryl methyl sites for hydroxylation is 1. The summed E-state index contributed by atoms with van der Waals surface area (Å²) in [6, 6.07) is 6.77. The molecule has 1 saturated heterocycles. The highest BCUT2D eigenvalue weighted by Crippen LogP contribution is 2.36. The molecule has 2 atom stereocenters. The Bertz CT molecular complexity index is 1150. The van der Waals surface area contributed by atoms with Crippen LogP contribution in [-0.2, 0) is 26.2 Å². The van der Waals surface area contributed by atoms with E-state index in [0.29, 0.717) is 49.4 Å². The van der Waals surface area contributed by atoms with E-state index in [9.17, 15) is 18.0 Å². The van der Waals surface area contributed by atoms with Crippen molar-refractivity contribution in [1.29, 1.82) is 0 Å². The fourth-order valence-electron chi connectivity index (χ4n) is 4.18. The lowest BCUT2D eigenvalue weighted by Crippen LogP contribution is -2.45. The van der Waals surface area contributed by atoms with Gasteiger partial charge in [0.2, 0.25) is 15.9 Å². The predicted octanol–water partition coefficient (Wildman–Crippen LogP) is 2.22. The van der Waals surface area contributed by atoms with Crippen molar-refractivity contribution in [1.82, 2.24) is 14.6 Å². The molecule has 0 aliphatic carbocycles. The molecule has 3 heterocycles. The molecule has 1 aromatic heterocycles. The van der Waals surface area contributed by atoms with Gasteiger partial charge in [0.05, 0.1) is 16.5 Å². The normalized spacial score (nSPS) is 21.0. The zero-order valence-electron chi connectivity index (χ0n) is 18.7. The first kappa shape index (κ1) is 23.2. The summed E-state index contributed by atoms with van der Waals surface area (Å²) in [4.78, 5) is 29.0. The molecule has 10 heteroatoms. The summed E-state index contributed by atoms with van der Waals surface area (Å²) < 4.78 is 34.1. The lowest BCUT2D eigenvalue weighted by Gasteiger charge is -2.32. The van der Waals surface area contributed by atoms with Crippen LogP contribution in [0.4, 0.5) is 5.69 Å². The lowest BCUT2D eigenvalue weighted by atomic mass is 9.99. The van der Waals surface area contributed by atoms with Gasteiger partial charge in [-0.05, 0) is 49.4 Å². The molecule has 0 radical (unpaired) electrons. The first-order valence-corrected chi connectivity index (χ1v) is 12.5. The number of rotatable bonds is 6. The highest BCUT2D eigenvalue weighted by atomic mass is 32.2. The predicted molar refractivity (Wildman–Crippen MR) is 122 cm³/mol. The second kappa shape index (κ2) is 9.48. The van der Waals surface area contributed by atoms with E-state index >= 15 is 0 Å². The van der Waals surface area contributed by atoms with Gasteiger partial charge in [0.15, 0.2) is 6.10 Å². The van der Waals surface area contributed by atoms with Crippen molar-refractivity contribution in [2.45, 2.75) is 50.7 Å². The molecule has 4 rings (SSSR count). The van der Waals surface area contributed by atoms with E-state index in [2.05, 4.69) is 15.6 Å². The maximum absolute atomic E-state index is 13.5. The number of piperidine rings is 1. The number of anilines is 1. The van der Waals surface area contributed by atoms with Crippen molar-refractivity contribution in [2.24, 2.45) is 5.92 Å². The summed E-state index contributed by atoms with van der Waals surface area (Å²) in [5, 5.41) is 5.67. The summed E-state index contributed by atoms with van der Waals surface area (Å²) in [6.45, 7) is 4.33. The number of carbonyl (C=O) groups excluding carboxylic acids is 2. The van der Waals surface area contributed by atoms with Gasteiger partial charge in [-0.2, -0.15) is 4.31 Å². The van der Waals surface area contributed by atoms with Crippen molar-refractivity contribution in [3.8, 4) is 5.75 Å². The van der Waals surface area contributed by atoms with E-state index in [4.69, 9.17) is 4.74 Å². The van der Waals surface area contributed by atoms with Crippen molar-refractivity contribution in [2.75, 3.05) is 18.4 Å². The van der Waals surface area contributed by atoms with Gasteiger partial charge in [-0.1, -0.05) is 13.0 Å². The number of nitrogens with one attached hydrogen (secondary N) is 2. The number of aromatic nitrogens is 1. The smallest absolute Gasteiger partial charge is 0.265 e. The maximum atomic E-state index is 13.5. The number of nitrogens with zero attached hydrogens (tertiary/aromatic N) is 2. The third-order valence-electron chi connectivity index (χ3n) is 6.03. The summed E-state index contributed by atoms with van der Waals surface area (Å²) in [7, 11) is -3.85. The van der Waals surface area contributed by atoms with Gasteiger partial charge in [-0.25, -0.2) is 8.42 Å². The van der Waals surface area contributed by atoms with Gasteiger partial charge in [-0.15, -0.1) is 0 Å². The third kappa shape index (κ3) is 4.86. The number of sulfonamides is 1. The molecule has 2 unspecified atom stereocenters. The van der Waals surface area contributed by atoms with E-state index in [0.717, 1.165) is 5.56 Å². The Balaban J connectivity index is 1.50. The van der Waals surface area contributed by atoms with Crippen LogP contribution in [0.25, 0.3) is 0 Å². The lowest BCUT2D eigenvalue weighted by molar-refractivity contribution is -0.126. The van der Waals surface area contributed by atoms with Crippen molar-refractivity contribution in [3.63, 3.8) is 0 Å². The van der Waals surface area contributed by atoms with Gasteiger partial charge in [-0.3, -0.25) is 14.6 Å². The molecule has 0 bridgehead atoms. The molecule has 9 nitrogen and oxygen atoms in total. The van der Waals surface area contributed by atoms with Crippen LogP contribution >= 0.6 is 0 Å². The topological polar surface area (TPSA) is 118 Å². The molecule has 2 amide bonds. The van der Waals surface area contributed by atoms with Gasteiger partial charge in [0.25, 0.3) is 5.91 Å². The summed E-state index contributed by atoms with van der Waals surface area (Å²) >= 11 is 0. The Labute approximate surface area is 193 Å². The number of amides is 2. The highest BCUT2D eigenvalue weighted by molar-refractivity contribution is 7.89. The number of ether oxygens (including phenoxy) is 1. The molecular weight excluding hydrogens is 444 g/mol. The fraction of sp³-hybridized carbons (Fsp3) is 0.435. The van der Waals surface area contributed by atoms with Gasteiger partial charge in [0, 0.05) is 38.1 Å². The summed E-state index contributed by atoms with van der Waals surface area (Å²) in [5.74, 6) is -0.495. The average Bonchev–Trinajstić information content (AvgIpc) is 2.82. The van der Waals surface area contributed by atoms with E-state index < -0.39 is 22.0 Å². The zero-order valence-corrected chi connectivity index (χ0v) is 19.5. The average molecular weight is 473 g/mol. The molecule has 0 spiro atoms. The van der Waals surface area contributed by atoms with Gasteiger partial charge in [0.1, 0.15) is 5.75 Å². The number of carbonyl (C=O) groups is 2. The van der Waals surface area contributed by atoms with Crippen molar-refractivity contribution >= 4 is 27.5 Å². The minimum atomic E-state index is -3.85. The number of pyridine rings is 1. The Morgan fingerprint density at radius 2 is 2.18 bits per heavy atom. The Morgan fingerprint density at radius 1 is 1.36 bits per heavy atom. The van der Waals surface area contributed by atoms with Crippen LogP contribution in [0.15, 0.2) is 41.6 Å². The molecule has 2 aliphatic rings. The summed E-state index contributed by atoms with van der Waals surface area (Å²) in [5.41, 5.74) is 1.86. The van der Waals surface area contributed by atoms with E-state index in [1.165, 1.54) is 10.4 Å². The zero-order chi connectivity index (χ0) is 23.6. The van der Waals surface area contributed by atoms with E-state index in [1.807, 2.05) is 13.0 Å². The Hall–Kier alpha value is -2.98. The van der Waals surface area contributed by atoms with Crippen molar-refractivity contribution in [3.05, 3.63) is 47.8 Å². The maximum Gasteiger partial charge on any atom is 0.265 e. The molecule has 176 valence electrons. The number of benzene rings is 1. The van der Waals surface area contributed by atoms with E-state index in [-0.39, 0.29) is 23.3 Å². The molecular formula is C23H28N4O5S. The molecule has 2 N–H and O–H groups in total. The van der Waals surface area contributed by atoms with E-state index in [1.54, 1.807) is 31.5 Å². The third-order valence-corrected chi connectivity index (χ3v) is 8.04. The molecule has 1 fully saturated rings. The standard InChI is InChI=1S/C23H28N4O5S/c1-3-19-23(29)26-18-10-15(2)21(11-20(18)32-19)33(30,31)27-9-5-7-17(14-27)22(28)25-13-16-6-4-8-24-12-16/h4,6,8,10-12,17,19H,3,5,7,9,13-14H2,1-2H3,(H,25,28)(H,26,29). The van der Waals surface area contributed by atoms with Crippen LogP contribution in [0.1, 0.15) is 37.3 Å². The fourth-order valence-corrected chi connectivity index (χ4v) is 5.93. The first-order valence-electron chi connectivity index (χ1n) is 11.1. The molecule has 2 aliphatic heterocycles. The largest absolute Gasteiger partial charge is 0.478 e. The Morgan fingerprint density at radius 3 is 2.91 bits per heavy atom. The van der Waals surface area contributed by atoms with Crippen LogP contribution in [0.2, 0.25) is 0 Å². The number of hydrogen-bond acceptors (Lipinski definition) is 6. The minimum Gasteiger partial charge on any atom is -0.478 e. The molecule has 1 aromatic carbocycles. The Kier molecular flexibility index (Phi) is 6.66. The SMILES string of the molecule is CCC1Oc2cc(S(=O)(=O)N3CCCC(C(=O)NCc4cccnc4)C3)c(C)cc2NC1=O. The molecule has 0 saturated carbocycles. The summed E-state index contributed by atoms with van der Waals surface area (Å²) in [6.07, 6.45) is 4.39. The second-order valence-electron chi connectivity index (χ2n) is 8.40. The monoisotopic (exact) mass is 472 g/mol. The molecule has 33 heavy (non-hydrogen) atoms. The number of hydrogen-bond donors (Lipinski definition) is 2. The first-order chi connectivity index (χ1) is 15.8. The number of fused-ring (bicyclic) bond motifs is 1. The minimum absolute atomic E-state index is 0.118. The van der Waals surface area contributed by atoms with Gasteiger partial charge < -0.3 is 15.4 Å². The van der Waals surface area contributed by atoms with Crippen LogP contribution in [0.5, 0.6) is 5.75 Å². The highest BCUT2D eigenvalue weighted by Gasteiger charge is 2.35. The van der Waals surface area contributed by atoms with Crippen LogP contribution in [-0.4, -0.2) is 48.7 Å².